The summed E-state index contributed by atoms with van der Waals surface area (Å²) in [6.45, 7) is 4.60. The van der Waals surface area contributed by atoms with Crippen LogP contribution in [-0.4, -0.2) is 82.4 Å². The molecule has 0 aliphatic carbocycles. The molecule has 36 heavy (non-hydrogen) atoms. The lowest BCUT2D eigenvalue weighted by molar-refractivity contribution is -0.908. The number of quaternary nitrogens is 1. The number of carbonyl (C=O) groups is 2. The Morgan fingerprint density at radius 2 is 1.69 bits per heavy atom. The van der Waals surface area contributed by atoms with Crippen molar-refractivity contribution in [3.8, 4) is 17.2 Å². The number of ketones is 1. The highest BCUT2D eigenvalue weighted by Gasteiger charge is 2.46. The molecule has 4 rings (SSSR count). The lowest BCUT2D eigenvalue weighted by Gasteiger charge is -2.27. The van der Waals surface area contributed by atoms with Gasteiger partial charge in [-0.15, -0.1) is 0 Å². The smallest absolute Gasteiger partial charge is 0.295 e. The number of hydrogen-bond acceptors (Lipinski definition) is 7. The van der Waals surface area contributed by atoms with Crippen LogP contribution in [0, 0.1) is 0 Å². The number of nitrogens with zero attached hydrogens (tertiary/aromatic N) is 1. The topological polar surface area (TPSA) is 99.0 Å². The second-order valence-corrected chi connectivity index (χ2v) is 8.80. The van der Waals surface area contributed by atoms with Crippen molar-refractivity contribution < 1.29 is 38.5 Å². The molecule has 9 heteroatoms. The lowest BCUT2D eigenvalue weighted by atomic mass is 9.95. The summed E-state index contributed by atoms with van der Waals surface area (Å²) in [6.07, 6.45) is 0.728. The minimum Gasteiger partial charge on any atom is -0.507 e. The number of likely N-dealkylation sites (tertiary alicyclic amines) is 1. The fourth-order valence-corrected chi connectivity index (χ4v) is 4.79. The Morgan fingerprint density at radius 3 is 2.33 bits per heavy atom. The number of morpholine rings is 1. The number of rotatable bonds is 9. The van der Waals surface area contributed by atoms with Gasteiger partial charge in [0.25, 0.3) is 11.7 Å². The Labute approximate surface area is 210 Å². The SMILES string of the molecule is COc1ccc([C@H]2C(=C(O)c3ccc(OC)c(OC)c3)C(=O)C(=O)N2CCC[NH+]2CCOCC2)cc1. The highest BCUT2D eigenvalue weighted by atomic mass is 16.5. The Balaban J connectivity index is 1.70. The van der Waals surface area contributed by atoms with Gasteiger partial charge in [-0.05, 0) is 35.9 Å². The third kappa shape index (κ3) is 5.17. The van der Waals surface area contributed by atoms with Crippen molar-refractivity contribution in [2.75, 3.05) is 60.7 Å². The normalized spacial score (nSPS) is 20.0. The number of amides is 1. The summed E-state index contributed by atoms with van der Waals surface area (Å²) < 4.78 is 21.3. The molecule has 2 aromatic rings. The molecule has 0 unspecified atom stereocenters. The molecule has 0 bridgehead atoms. The molecule has 0 aromatic heterocycles. The number of nitrogens with one attached hydrogen (secondary N) is 1. The van der Waals surface area contributed by atoms with Crippen LogP contribution in [0.15, 0.2) is 48.0 Å². The van der Waals surface area contributed by atoms with Crippen LogP contribution >= 0.6 is 0 Å². The van der Waals surface area contributed by atoms with Crippen molar-refractivity contribution in [1.29, 1.82) is 0 Å². The van der Waals surface area contributed by atoms with Crippen molar-refractivity contribution in [1.82, 2.24) is 4.90 Å². The van der Waals surface area contributed by atoms with Crippen LogP contribution < -0.4 is 19.1 Å². The minimum absolute atomic E-state index is 0.0520. The molecule has 1 amide bonds. The van der Waals surface area contributed by atoms with Gasteiger partial charge >= 0.3 is 0 Å². The van der Waals surface area contributed by atoms with Gasteiger partial charge < -0.3 is 33.9 Å². The predicted molar refractivity (Wildman–Crippen MR) is 133 cm³/mol. The van der Waals surface area contributed by atoms with Crippen molar-refractivity contribution in [2.24, 2.45) is 0 Å². The molecular weight excluding hydrogens is 464 g/mol. The summed E-state index contributed by atoms with van der Waals surface area (Å²) in [5.74, 6) is -0.0170. The Kier molecular flexibility index (Phi) is 8.12. The van der Waals surface area contributed by atoms with Crippen LogP contribution in [0.5, 0.6) is 17.2 Å². The number of Topliss-reactive ketones (excluding diaryl/α,β-unsaturated/α-hetero) is 1. The first kappa shape index (κ1) is 25.5. The van der Waals surface area contributed by atoms with Gasteiger partial charge in [-0.3, -0.25) is 9.59 Å². The first-order valence-corrected chi connectivity index (χ1v) is 12.0. The van der Waals surface area contributed by atoms with Gasteiger partial charge in [-0.25, -0.2) is 0 Å². The van der Waals surface area contributed by atoms with Crippen LogP contribution in [0.25, 0.3) is 5.76 Å². The van der Waals surface area contributed by atoms with E-state index in [0.717, 1.165) is 44.8 Å². The summed E-state index contributed by atoms with van der Waals surface area (Å²) in [5.41, 5.74) is 1.13. The summed E-state index contributed by atoms with van der Waals surface area (Å²) in [4.78, 5) is 29.5. The molecule has 0 spiro atoms. The van der Waals surface area contributed by atoms with Crippen molar-refractivity contribution in [2.45, 2.75) is 12.5 Å². The zero-order valence-electron chi connectivity index (χ0n) is 20.9. The first-order chi connectivity index (χ1) is 17.5. The number of methoxy groups -OCH3 is 3. The van der Waals surface area contributed by atoms with Gasteiger partial charge in [0, 0.05) is 18.5 Å². The maximum atomic E-state index is 13.3. The Hall–Kier alpha value is -3.56. The van der Waals surface area contributed by atoms with Crippen LogP contribution in [0.2, 0.25) is 0 Å². The largest absolute Gasteiger partial charge is 0.507 e. The molecule has 1 atom stereocenters. The fourth-order valence-electron chi connectivity index (χ4n) is 4.79. The van der Waals surface area contributed by atoms with E-state index in [2.05, 4.69) is 0 Å². The molecule has 2 N–H and O–H groups in total. The molecule has 2 aromatic carbocycles. The Morgan fingerprint density at radius 1 is 1.00 bits per heavy atom. The van der Waals surface area contributed by atoms with Crippen LogP contribution in [0.4, 0.5) is 0 Å². The zero-order chi connectivity index (χ0) is 25.7. The number of aliphatic hydroxyl groups excluding tert-OH is 1. The van der Waals surface area contributed by atoms with E-state index in [1.165, 1.54) is 19.1 Å². The summed E-state index contributed by atoms with van der Waals surface area (Å²) in [5, 5.41) is 11.3. The van der Waals surface area contributed by atoms with Gasteiger partial charge in [-0.2, -0.15) is 0 Å². The number of hydrogen-bond donors (Lipinski definition) is 2. The molecule has 2 saturated heterocycles. The molecule has 2 fully saturated rings. The second-order valence-electron chi connectivity index (χ2n) is 8.80. The van der Waals surface area contributed by atoms with Gasteiger partial charge in [0.05, 0.1) is 52.7 Å². The molecule has 2 aliphatic heterocycles. The first-order valence-electron chi connectivity index (χ1n) is 12.0. The predicted octanol–water partition coefficient (Wildman–Crippen LogP) is 1.44. The quantitative estimate of drug-likeness (QED) is 0.307. The van der Waals surface area contributed by atoms with E-state index in [0.29, 0.717) is 29.4 Å². The van der Waals surface area contributed by atoms with E-state index >= 15 is 0 Å². The Bertz CT molecular complexity index is 1120. The molecule has 9 nitrogen and oxygen atoms in total. The molecular formula is C27H33N2O7+. The van der Waals surface area contributed by atoms with Crippen molar-refractivity contribution >= 4 is 17.4 Å². The van der Waals surface area contributed by atoms with E-state index < -0.39 is 17.7 Å². The van der Waals surface area contributed by atoms with E-state index in [9.17, 15) is 14.7 Å². The number of carbonyl (C=O) groups excluding carboxylic acids is 2. The highest BCUT2D eigenvalue weighted by Crippen LogP contribution is 2.41. The van der Waals surface area contributed by atoms with Gasteiger partial charge in [0.15, 0.2) is 11.5 Å². The highest BCUT2D eigenvalue weighted by molar-refractivity contribution is 6.46. The monoisotopic (exact) mass is 497 g/mol. The fraction of sp³-hybridized carbons (Fsp3) is 0.407. The third-order valence-electron chi connectivity index (χ3n) is 6.76. The molecule has 192 valence electrons. The average Bonchev–Trinajstić information content (AvgIpc) is 3.18. The minimum atomic E-state index is -0.719. The van der Waals surface area contributed by atoms with E-state index in [1.807, 2.05) is 12.1 Å². The molecule has 0 radical (unpaired) electrons. The van der Waals surface area contributed by atoms with Gasteiger partial charge in [0.1, 0.15) is 24.6 Å². The van der Waals surface area contributed by atoms with E-state index in [4.69, 9.17) is 18.9 Å². The van der Waals surface area contributed by atoms with E-state index in [1.54, 1.807) is 42.3 Å². The summed E-state index contributed by atoms with van der Waals surface area (Å²) in [6, 6.07) is 11.4. The lowest BCUT2D eigenvalue weighted by Crippen LogP contribution is -3.14. The molecule has 2 heterocycles. The van der Waals surface area contributed by atoms with Crippen molar-refractivity contribution in [3.63, 3.8) is 0 Å². The van der Waals surface area contributed by atoms with Gasteiger partial charge in [-0.1, -0.05) is 12.1 Å². The number of ether oxygens (including phenoxy) is 4. The van der Waals surface area contributed by atoms with Crippen LogP contribution in [0.1, 0.15) is 23.6 Å². The zero-order valence-corrected chi connectivity index (χ0v) is 20.9. The summed E-state index contributed by atoms with van der Waals surface area (Å²) >= 11 is 0. The molecule has 2 aliphatic rings. The second kappa shape index (κ2) is 11.5. The maximum absolute atomic E-state index is 13.3. The third-order valence-corrected chi connectivity index (χ3v) is 6.76. The van der Waals surface area contributed by atoms with Crippen LogP contribution in [0.3, 0.4) is 0 Å². The number of aliphatic hydroxyl groups is 1. The summed E-state index contributed by atoms with van der Waals surface area (Å²) in [7, 11) is 4.59. The average molecular weight is 498 g/mol. The van der Waals surface area contributed by atoms with Crippen LogP contribution in [-0.2, 0) is 14.3 Å². The standard InChI is InChI=1S/C27H32N2O7/c1-33-20-8-5-18(6-9-20)24-23(25(30)19-7-10-21(34-2)22(17-19)35-3)26(31)27(32)29(24)12-4-11-28-13-15-36-16-14-28/h5-10,17,24,30H,4,11-16H2,1-3H3/p+1/t24-/m0/s1. The van der Waals surface area contributed by atoms with Gasteiger partial charge in [0.2, 0.25) is 0 Å². The maximum Gasteiger partial charge on any atom is 0.295 e. The molecule has 0 saturated carbocycles. The van der Waals surface area contributed by atoms with Crippen molar-refractivity contribution in [3.05, 3.63) is 59.2 Å². The number of benzene rings is 2. The van der Waals surface area contributed by atoms with E-state index in [-0.39, 0.29) is 11.3 Å².